The highest BCUT2D eigenvalue weighted by molar-refractivity contribution is 14.1. The van der Waals surface area contributed by atoms with Gasteiger partial charge in [0.2, 0.25) is 0 Å². The molecular formula is C9H7IO2. The van der Waals surface area contributed by atoms with E-state index in [4.69, 9.17) is 9.47 Å². The largest absolute Gasteiger partial charge is 0.455 e. The number of halogens is 1. The van der Waals surface area contributed by atoms with Crippen LogP contribution in [-0.2, 0) is 9.47 Å². The van der Waals surface area contributed by atoms with Gasteiger partial charge in [-0.25, -0.2) is 0 Å². The lowest BCUT2D eigenvalue weighted by Gasteiger charge is -2.09. The predicted octanol–water partition coefficient (Wildman–Crippen LogP) is 2.81. The highest BCUT2D eigenvalue weighted by Crippen LogP contribution is 2.24. The first-order valence-electron chi connectivity index (χ1n) is 3.58. The van der Waals surface area contributed by atoms with Crippen molar-refractivity contribution in [3.8, 4) is 0 Å². The van der Waals surface area contributed by atoms with Crippen LogP contribution in [0, 0.1) is 3.57 Å². The molecule has 0 aliphatic carbocycles. The second-order valence-electron chi connectivity index (χ2n) is 2.43. The number of benzene rings is 1. The van der Waals surface area contributed by atoms with Gasteiger partial charge in [-0.1, -0.05) is 12.1 Å². The Bertz CT molecular complexity index is 301. The van der Waals surface area contributed by atoms with Crippen LogP contribution < -0.4 is 0 Å². The van der Waals surface area contributed by atoms with Gasteiger partial charge in [0.15, 0.2) is 0 Å². The zero-order chi connectivity index (χ0) is 8.39. The summed E-state index contributed by atoms with van der Waals surface area (Å²) in [4.78, 5) is 0. The van der Waals surface area contributed by atoms with Crippen molar-refractivity contribution in [2.45, 2.75) is 6.29 Å². The van der Waals surface area contributed by atoms with Crippen molar-refractivity contribution < 1.29 is 9.47 Å². The summed E-state index contributed by atoms with van der Waals surface area (Å²) in [5, 5.41) is 0. The first-order valence-corrected chi connectivity index (χ1v) is 4.65. The van der Waals surface area contributed by atoms with E-state index in [1.165, 1.54) is 3.57 Å². The molecule has 1 aliphatic rings. The molecule has 0 atom stereocenters. The van der Waals surface area contributed by atoms with Crippen LogP contribution in [0.1, 0.15) is 11.9 Å². The Kier molecular flexibility index (Phi) is 2.21. The Hall–Kier alpha value is -0.710. The zero-order valence-corrected chi connectivity index (χ0v) is 8.39. The molecular weight excluding hydrogens is 267 g/mol. The van der Waals surface area contributed by atoms with E-state index in [0.717, 1.165) is 5.56 Å². The van der Waals surface area contributed by atoms with E-state index in [9.17, 15) is 0 Å². The SMILES string of the molecule is Ic1cccc(C2OC=CO2)c1. The lowest BCUT2D eigenvalue weighted by atomic mass is 10.2. The van der Waals surface area contributed by atoms with Gasteiger partial charge in [0.25, 0.3) is 6.29 Å². The Morgan fingerprint density at radius 2 is 1.92 bits per heavy atom. The van der Waals surface area contributed by atoms with E-state index in [0.29, 0.717) is 0 Å². The number of ether oxygens (including phenoxy) is 2. The van der Waals surface area contributed by atoms with E-state index in [-0.39, 0.29) is 6.29 Å². The second-order valence-corrected chi connectivity index (χ2v) is 3.68. The fourth-order valence-corrected chi connectivity index (χ4v) is 1.62. The standard InChI is InChI=1S/C9H7IO2/c10-8-3-1-2-7(6-8)9-11-4-5-12-9/h1-6,9H. The number of rotatable bonds is 1. The maximum Gasteiger partial charge on any atom is 0.266 e. The third-order valence-corrected chi connectivity index (χ3v) is 2.25. The van der Waals surface area contributed by atoms with Gasteiger partial charge in [-0.2, -0.15) is 0 Å². The smallest absolute Gasteiger partial charge is 0.266 e. The quantitative estimate of drug-likeness (QED) is 0.733. The van der Waals surface area contributed by atoms with Gasteiger partial charge < -0.3 is 9.47 Å². The van der Waals surface area contributed by atoms with Gasteiger partial charge in [-0.15, -0.1) is 0 Å². The molecule has 2 nitrogen and oxygen atoms in total. The highest BCUT2D eigenvalue weighted by atomic mass is 127. The maximum atomic E-state index is 5.19. The summed E-state index contributed by atoms with van der Waals surface area (Å²) >= 11 is 2.26. The van der Waals surface area contributed by atoms with Crippen LogP contribution >= 0.6 is 22.6 Å². The number of hydrogen-bond acceptors (Lipinski definition) is 2. The van der Waals surface area contributed by atoms with Gasteiger partial charge in [-0.3, -0.25) is 0 Å². The van der Waals surface area contributed by atoms with Crippen LogP contribution in [0.3, 0.4) is 0 Å². The number of hydrogen-bond donors (Lipinski definition) is 0. The molecule has 1 aliphatic heterocycles. The predicted molar refractivity (Wildman–Crippen MR) is 53.2 cm³/mol. The average Bonchev–Trinajstić information content (AvgIpc) is 2.56. The molecule has 0 saturated carbocycles. The highest BCUT2D eigenvalue weighted by Gasteiger charge is 2.14. The second kappa shape index (κ2) is 3.35. The van der Waals surface area contributed by atoms with Crippen LogP contribution in [0.4, 0.5) is 0 Å². The zero-order valence-electron chi connectivity index (χ0n) is 6.24. The van der Waals surface area contributed by atoms with E-state index in [1.54, 1.807) is 12.5 Å². The molecule has 1 heterocycles. The van der Waals surface area contributed by atoms with Crippen molar-refractivity contribution in [3.63, 3.8) is 0 Å². The third kappa shape index (κ3) is 1.55. The van der Waals surface area contributed by atoms with Gasteiger partial charge in [0, 0.05) is 9.13 Å². The first kappa shape index (κ1) is 7.91. The fourth-order valence-electron chi connectivity index (χ4n) is 1.05. The minimum absolute atomic E-state index is 0.250. The lowest BCUT2D eigenvalue weighted by Crippen LogP contribution is -1.97. The molecule has 0 fully saturated rings. The topological polar surface area (TPSA) is 18.5 Å². The van der Waals surface area contributed by atoms with Crippen LogP contribution in [0.25, 0.3) is 0 Å². The molecule has 62 valence electrons. The van der Waals surface area contributed by atoms with Crippen molar-refractivity contribution in [2.75, 3.05) is 0 Å². The van der Waals surface area contributed by atoms with E-state index >= 15 is 0 Å². The van der Waals surface area contributed by atoms with Gasteiger partial charge in [0.1, 0.15) is 12.5 Å². The molecule has 0 aromatic heterocycles. The molecule has 0 N–H and O–H groups in total. The van der Waals surface area contributed by atoms with E-state index < -0.39 is 0 Å². The monoisotopic (exact) mass is 274 g/mol. The molecule has 0 radical (unpaired) electrons. The molecule has 0 unspecified atom stereocenters. The van der Waals surface area contributed by atoms with Gasteiger partial charge >= 0.3 is 0 Å². The molecule has 12 heavy (non-hydrogen) atoms. The summed E-state index contributed by atoms with van der Waals surface area (Å²) in [7, 11) is 0. The summed E-state index contributed by atoms with van der Waals surface area (Å²) in [5.74, 6) is 0. The Morgan fingerprint density at radius 1 is 1.17 bits per heavy atom. The molecule has 1 aromatic carbocycles. The molecule has 0 saturated heterocycles. The Morgan fingerprint density at radius 3 is 2.58 bits per heavy atom. The molecule has 3 heteroatoms. The van der Waals surface area contributed by atoms with Crippen molar-refractivity contribution in [1.29, 1.82) is 0 Å². The maximum absolute atomic E-state index is 5.19. The molecule has 0 bridgehead atoms. The Balaban J connectivity index is 2.22. The summed E-state index contributed by atoms with van der Waals surface area (Å²) in [6.45, 7) is 0. The molecule has 0 spiro atoms. The van der Waals surface area contributed by atoms with Crippen LogP contribution in [0.5, 0.6) is 0 Å². The first-order chi connectivity index (χ1) is 5.86. The lowest BCUT2D eigenvalue weighted by molar-refractivity contribution is -0.0246. The minimum atomic E-state index is -0.250. The van der Waals surface area contributed by atoms with Crippen LogP contribution in [0.15, 0.2) is 36.8 Å². The van der Waals surface area contributed by atoms with Crippen molar-refractivity contribution in [2.24, 2.45) is 0 Å². The van der Waals surface area contributed by atoms with Crippen molar-refractivity contribution in [1.82, 2.24) is 0 Å². The average molecular weight is 274 g/mol. The summed E-state index contributed by atoms with van der Waals surface area (Å²) < 4.78 is 11.6. The normalized spacial score (nSPS) is 15.8. The third-order valence-electron chi connectivity index (χ3n) is 1.58. The van der Waals surface area contributed by atoms with Crippen LogP contribution in [-0.4, -0.2) is 0 Å². The molecule has 2 rings (SSSR count). The molecule has 1 aromatic rings. The summed E-state index contributed by atoms with van der Waals surface area (Å²) in [6, 6.07) is 8.05. The van der Waals surface area contributed by atoms with Gasteiger partial charge in [0.05, 0.1) is 0 Å². The van der Waals surface area contributed by atoms with Crippen molar-refractivity contribution >= 4 is 22.6 Å². The fraction of sp³-hybridized carbons (Fsp3) is 0.111. The molecule has 0 amide bonds. The Labute approximate surface area is 84.3 Å². The minimum Gasteiger partial charge on any atom is -0.455 e. The summed E-state index contributed by atoms with van der Waals surface area (Å²) in [5.41, 5.74) is 1.05. The van der Waals surface area contributed by atoms with E-state index in [1.807, 2.05) is 24.3 Å². The van der Waals surface area contributed by atoms with Crippen molar-refractivity contribution in [3.05, 3.63) is 45.9 Å². The van der Waals surface area contributed by atoms with Gasteiger partial charge in [-0.05, 0) is 34.7 Å². The van der Waals surface area contributed by atoms with E-state index in [2.05, 4.69) is 22.6 Å². The summed E-state index contributed by atoms with van der Waals surface area (Å²) in [6.07, 6.45) is 2.87. The van der Waals surface area contributed by atoms with Crippen LogP contribution in [0.2, 0.25) is 0 Å².